The first-order chi connectivity index (χ1) is 7.24. The fourth-order valence-corrected chi connectivity index (χ4v) is 1.09. The predicted molar refractivity (Wildman–Crippen MR) is 53.6 cm³/mol. The zero-order chi connectivity index (χ0) is 11.1. The molecule has 0 aliphatic rings. The molecular formula is C10H11NO4. The van der Waals surface area contributed by atoms with Crippen LogP contribution in [0, 0.1) is 0 Å². The van der Waals surface area contributed by atoms with Gasteiger partial charge in [0.25, 0.3) is 0 Å². The van der Waals surface area contributed by atoms with Crippen LogP contribution in [0.2, 0.25) is 0 Å². The molecule has 0 bridgehead atoms. The van der Waals surface area contributed by atoms with Crippen molar-refractivity contribution in [1.82, 2.24) is 0 Å². The van der Waals surface area contributed by atoms with Crippen LogP contribution in [0.1, 0.15) is 5.56 Å². The van der Waals surface area contributed by atoms with E-state index in [4.69, 9.17) is 15.1 Å². The minimum absolute atomic E-state index is 0.382. The molecule has 0 aromatic heterocycles. The Morgan fingerprint density at radius 3 is 2.87 bits per heavy atom. The first-order valence-electron chi connectivity index (χ1n) is 4.32. The normalized spacial score (nSPS) is 10.4. The van der Waals surface area contributed by atoms with E-state index in [1.807, 2.05) is 0 Å². The smallest absolute Gasteiger partial charge is 0.341 e. The van der Waals surface area contributed by atoms with E-state index in [1.54, 1.807) is 24.3 Å². The molecule has 0 amide bonds. The van der Waals surface area contributed by atoms with Crippen molar-refractivity contribution in [3.63, 3.8) is 0 Å². The molecule has 0 radical (unpaired) electrons. The standard InChI is InChI=1S/C10H11NO4/c12-10(13)7-15-9-4-2-1-3-8(9)5-6-11-14/h1-4,6,14H,5,7H2,(H,12,13). The first-order valence-corrected chi connectivity index (χ1v) is 4.32. The molecule has 0 fully saturated rings. The number of hydrogen-bond donors (Lipinski definition) is 2. The largest absolute Gasteiger partial charge is 0.482 e. The second-order valence-corrected chi connectivity index (χ2v) is 2.79. The number of carboxylic acid groups (broad SMARTS) is 1. The van der Waals surface area contributed by atoms with Gasteiger partial charge in [-0.15, -0.1) is 5.16 Å². The van der Waals surface area contributed by atoms with Crippen LogP contribution in [0.4, 0.5) is 0 Å². The van der Waals surface area contributed by atoms with Crippen molar-refractivity contribution in [2.75, 3.05) is 6.61 Å². The third-order valence-corrected chi connectivity index (χ3v) is 1.72. The van der Waals surface area contributed by atoms with Crippen LogP contribution in [0.5, 0.6) is 5.75 Å². The lowest BCUT2D eigenvalue weighted by molar-refractivity contribution is -0.139. The minimum Gasteiger partial charge on any atom is -0.482 e. The van der Waals surface area contributed by atoms with Crippen molar-refractivity contribution in [3.8, 4) is 5.75 Å². The Labute approximate surface area is 86.6 Å². The monoisotopic (exact) mass is 209 g/mol. The summed E-state index contributed by atoms with van der Waals surface area (Å²) in [5, 5.41) is 19.6. The van der Waals surface area contributed by atoms with Crippen molar-refractivity contribution < 1.29 is 19.8 Å². The summed E-state index contributed by atoms with van der Waals surface area (Å²) in [5.74, 6) is -0.541. The van der Waals surface area contributed by atoms with E-state index < -0.39 is 5.97 Å². The maximum absolute atomic E-state index is 10.3. The van der Waals surface area contributed by atoms with Crippen molar-refractivity contribution >= 4 is 12.2 Å². The lowest BCUT2D eigenvalue weighted by Gasteiger charge is -2.07. The number of ether oxygens (including phenoxy) is 1. The molecule has 0 saturated heterocycles. The second kappa shape index (κ2) is 5.64. The van der Waals surface area contributed by atoms with Crippen molar-refractivity contribution in [2.24, 2.45) is 5.16 Å². The Bertz CT molecular complexity index is 362. The highest BCUT2D eigenvalue weighted by molar-refractivity contribution is 5.69. The number of carbonyl (C=O) groups is 1. The molecule has 0 saturated carbocycles. The van der Waals surface area contributed by atoms with Crippen LogP contribution >= 0.6 is 0 Å². The molecular weight excluding hydrogens is 198 g/mol. The summed E-state index contributed by atoms with van der Waals surface area (Å²) < 4.78 is 5.05. The molecule has 0 spiro atoms. The lowest BCUT2D eigenvalue weighted by Crippen LogP contribution is -2.10. The summed E-state index contributed by atoms with van der Waals surface area (Å²) in [6, 6.07) is 6.99. The molecule has 0 aliphatic carbocycles. The van der Waals surface area contributed by atoms with Crippen molar-refractivity contribution in [2.45, 2.75) is 6.42 Å². The Kier molecular flexibility index (Phi) is 4.15. The zero-order valence-corrected chi connectivity index (χ0v) is 7.96. The fraction of sp³-hybridized carbons (Fsp3) is 0.200. The van der Waals surface area contributed by atoms with Gasteiger partial charge in [-0.1, -0.05) is 18.2 Å². The molecule has 1 aromatic carbocycles. The summed E-state index contributed by atoms with van der Waals surface area (Å²) >= 11 is 0. The van der Waals surface area contributed by atoms with Gasteiger partial charge in [0, 0.05) is 12.6 Å². The maximum Gasteiger partial charge on any atom is 0.341 e. The number of nitrogens with zero attached hydrogens (tertiary/aromatic N) is 1. The van der Waals surface area contributed by atoms with E-state index in [9.17, 15) is 4.79 Å². The molecule has 0 unspecified atom stereocenters. The van der Waals surface area contributed by atoms with E-state index in [0.717, 1.165) is 5.56 Å². The van der Waals surface area contributed by atoms with E-state index in [1.165, 1.54) is 6.21 Å². The maximum atomic E-state index is 10.3. The van der Waals surface area contributed by atoms with Crippen LogP contribution in [0.25, 0.3) is 0 Å². The van der Waals surface area contributed by atoms with Crippen LogP contribution in [-0.2, 0) is 11.2 Å². The number of carboxylic acids is 1. The number of rotatable bonds is 5. The van der Waals surface area contributed by atoms with Gasteiger partial charge in [0.2, 0.25) is 0 Å². The summed E-state index contributed by atoms with van der Waals surface area (Å²) in [6.07, 6.45) is 1.70. The lowest BCUT2D eigenvalue weighted by atomic mass is 10.1. The van der Waals surface area contributed by atoms with Crippen LogP contribution < -0.4 is 4.74 Å². The molecule has 15 heavy (non-hydrogen) atoms. The average Bonchev–Trinajstić information content (AvgIpc) is 2.24. The Hall–Kier alpha value is -2.04. The zero-order valence-electron chi connectivity index (χ0n) is 7.96. The third-order valence-electron chi connectivity index (χ3n) is 1.72. The van der Waals surface area contributed by atoms with Crippen molar-refractivity contribution in [3.05, 3.63) is 29.8 Å². The number of hydrogen-bond acceptors (Lipinski definition) is 4. The van der Waals surface area contributed by atoms with Gasteiger partial charge in [-0.05, 0) is 11.6 Å². The average molecular weight is 209 g/mol. The minimum atomic E-state index is -1.03. The Morgan fingerprint density at radius 2 is 2.20 bits per heavy atom. The molecule has 80 valence electrons. The quantitative estimate of drug-likeness (QED) is 0.433. The van der Waals surface area contributed by atoms with Gasteiger partial charge in [0.05, 0.1) is 0 Å². The van der Waals surface area contributed by atoms with E-state index >= 15 is 0 Å². The molecule has 1 rings (SSSR count). The van der Waals surface area contributed by atoms with Gasteiger partial charge < -0.3 is 15.1 Å². The van der Waals surface area contributed by atoms with Gasteiger partial charge in [-0.25, -0.2) is 4.79 Å². The van der Waals surface area contributed by atoms with E-state index in [-0.39, 0.29) is 6.61 Å². The third kappa shape index (κ3) is 3.68. The number of benzene rings is 1. The van der Waals surface area contributed by atoms with Gasteiger partial charge >= 0.3 is 5.97 Å². The molecule has 0 heterocycles. The highest BCUT2D eigenvalue weighted by Crippen LogP contribution is 2.17. The van der Waals surface area contributed by atoms with Crippen molar-refractivity contribution in [1.29, 1.82) is 0 Å². The van der Waals surface area contributed by atoms with Gasteiger partial charge in [-0.2, -0.15) is 0 Å². The Balaban J connectivity index is 2.72. The van der Waals surface area contributed by atoms with Crippen LogP contribution in [-0.4, -0.2) is 29.1 Å². The highest BCUT2D eigenvalue weighted by Gasteiger charge is 2.03. The summed E-state index contributed by atoms with van der Waals surface area (Å²) in [6.45, 7) is -0.382. The molecule has 2 N–H and O–H groups in total. The summed E-state index contributed by atoms with van der Waals surface area (Å²) in [5.41, 5.74) is 0.775. The van der Waals surface area contributed by atoms with E-state index in [2.05, 4.69) is 5.16 Å². The van der Waals surface area contributed by atoms with Gasteiger partial charge in [0.15, 0.2) is 6.61 Å². The second-order valence-electron chi connectivity index (χ2n) is 2.79. The van der Waals surface area contributed by atoms with Crippen LogP contribution in [0.3, 0.4) is 0 Å². The molecule has 5 heteroatoms. The summed E-state index contributed by atoms with van der Waals surface area (Å²) in [4.78, 5) is 10.3. The fourth-order valence-electron chi connectivity index (χ4n) is 1.09. The molecule has 1 aromatic rings. The number of para-hydroxylation sites is 1. The predicted octanol–water partition coefficient (Wildman–Crippen LogP) is 1.15. The number of aliphatic carboxylic acids is 1. The molecule has 0 atom stereocenters. The highest BCUT2D eigenvalue weighted by atomic mass is 16.5. The van der Waals surface area contributed by atoms with Crippen LogP contribution in [0.15, 0.2) is 29.4 Å². The number of oxime groups is 1. The molecule has 5 nitrogen and oxygen atoms in total. The topological polar surface area (TPSA) is 79.1 Å². The molecule has 0 aliphatic heterocycles. The SMILES string of the molecule is O=C(O)COc1ccccc1CC=NO. The van der Waals surface area contributed by atoms with Gasteiger partial charge in [0.1, 0.15) is 5.75 Å². The van der Waals surface area contributed by atoms with Gasteiger partial charge in [-0.3, -0.25) is 0 Å². The van der Waals surface area contributed by atoms with E-state index in [0.29, 0.717) is 12.2 Å². The Morgan fingerprint density at radius 1 is 1.47 bits per heavy atom. The first kappa shape index (κ1) is 11.0. The summed E-state index contributed by atoms with van der Waals surface area (Å²) in [7, 11) is 0.